The predicted octanol–water partition coefficient (Wildman–Crippen LogP) is 2.75. The van der Waals surface area contributed by atoms with Gasteiger partial charge in [-0.05, 0) is 67.2 Å². The number of aromatic nitrogens is 4. The Morgan fingerprint density at radius 3 is 2.53 bits per heavy atom. The summed E-state index contributed by atoms with van der Waals surface area (Å²) in [6, 6.07) is -0.901. The van der Waals surface area contributed by atoms with Crippen molar-refractivity contribution in [1.82, 2.24) is 29.7 Å². The maximum Gasteiger partial charge on any atom is 0.326 e. The molecule has 1 fully saturated rings. The van der Waals surface area contributed by atoms with E-state index in [2.05, 4.69) is 25.1 Å². The first kappa shape index (κ1) is 29.9. The predicted molar refractivity (Wildman–Crippen MR) is 142 cm³/mol. The Labute approximate surface area is 223 Å². The molecule has 2 heterocycles. The van der Waals surface area contributed by atoms with Crippen molar-refractivity contribution in [3.63, 3.8) is 0 Å². The fourth-order valence-electron chi connectivity index (χ4n) is 4.19. The molecule has 38 heavy (non-hydrogen) atoms. The van der Waals surface area contributed by atoms with Gasteiger partial charge in [0.15, 0.2) is 11.5 Å². The Bertz CT molecular complexity index is 1160. The topological polar surface area (TPSA) is 173 Å². The average molecular weight is 554 g/mol. The summed E-state index contributed by atoms with van der Waals surface area (Å²) in [6.07, 6.45) is 5.39. The van der Waals surface area contributed by atoms with Crippen LogP contribution in [0.5, 0.6) is 0 Å². The van der Waals surface area contributed by atoms with Crippen molar-refractivity contribution in [2.45, 2.75) is 104 Å². The number of hydrogen-bond donors (Lipinski definition) is 3. The summed E-state index contributed by atoms with van der Waals surface area (Å²) in [5, 5.41) is 5.75. The van der Waals surface area contributed by atoms with Crippen molar-refractivity contribution in [1.29, 1.82) is 0 Å². The van der Waals surface area contributed by atoms with E-state index in [-0.39, 0.29) is 24.4 Å². The number of esters is 2. The van der Waals surface area contributed by atoms with E-state index in [0.717, 1.165) is 25.7 Å². The third kappa shape index (κ3) is 7.95. The fraction of sp³-hybridized carbons (Fsp3) is 0.708. The van der Waals surface area contributed by atoms with E-state index >= 15 is 0 Å². The molecule has 3 unspecified atom stereocenters. The molecule has 13 nitrogen and oxygen atoms in total. The molecule has 2 aromatic rings. The van der Waals surface area contributed by atoms with Crippen molar-refractivity contribution < 1.29 is 28.4 Å². The monoisotopic (exact) mass is 553 g/mol. The van der Waals surface area contributed by atoms with Gasteiger partial charge < -0.3 is 24.5 Å². The zero-order valence-corrected chi connectivity index (χ0v) is 23.9. The molecule has 212 valence electrons. The van der Waals surface area contributed by atoms with Gasteiger partial charge in [-0.2, -0.15) is 0 Å². The standard InChI is InChI=1S/C24H40N7O6P/c1-15(2)36-23(33)24(5,6)30-38(34,29-17(4)22(32)37-18-9-7-8-10-18)14-35-16(3)11-31-13-28-19-20(25)26-12-27-21(19)31/h12-13,15-18H,7-11,14H2,1-6H3,(H2,25,26,27)(H2,29,30,34). The normalized spacial score (nSPS) is 17.9. The SMILES string of the molecule is CC(C)OC(=O)C(C)(C)NP(=O)(COC(C)Cn1cnc2c(N)ncnc21)NC(C)C(=O)OC1CCCC1. The molecule has 14 heteroatoms. The van der Waals surface area contributed by atoms with Crippen LogP contribution in [0.15, 0.2) is 12.7 Å². The summed E-state index contributed by atoms with van der Waals surface area (Å²) in [6.45, 7) is 10.3. The number of carbonyl (C=O) groups is 2. The highest BCUT2D eigenvalue weighted by molar-refractivity contribution is 7.59. The molecule has 0 aromatic carbocycles. The zero-order chi connectivity index (χ0) is 28.1. The lowest BCUT2D eigenvalue weighted by Crippen LogP contribution is -2.51. The van der Waals surface area contributed by atoms with Gasteiger partial charge in [-0.1, -0.05) is 0 Å². The Hall–Kier alpha value is -2.60. The smallest absolute Gasteiger partial charge is 0.326 e. The van der Waals surface area contributed by atoms with E-state index in [1.54, 1.807) is 52.4 Å². The van der Waals surface area contributed by atoms with E-state index in [4.69, 9.17) is 19.9 Å². The second-order valence-corrected chi connectivity index (χ2v) is 12.8. The van der Waals surface area contributed by atoms with E-state index < -0.39 is 37.1 Å². The van der Waals surface area contributed by atoms with Gasteiger partial charge in [-0.25, -0.2) is 25.1 Å². The number of nitrogens with two attached hydrogens (primary N) is 1. The Balaban J connectivity index is 1.71. The van der Waals surface area contributed by atoms with Crippen LogP contribution in [0.25, 0.3) is 11.2 Å². The van der Waals surface area contributed by atoms with Crippen LogP contribution in [0.1, 0.15) is 67.2 Å². The van der Waals surface area contributed by atoms with Gasteiger partial charge in [0.25, 0.3) is 0 Å². The highest BCUT2D eigenvalue weighted by Gasteiger charge is 2.40. The lowest BCUT2D eigenvalue weighted by Gasteiger charge is -2.33. The van der Waals surface area contributed by atoms with Gasteiger partial charge in [0.2, 0.25) is 7.44 Å². The summed E-state index contributed by atoms with van der Waals surface area (Å²) in [4.78, 5) is 37.8. The lowest BCUT2D eigenvalue weighted by molar-refractivity contribution is -0.153. The molecule has 0 saturated heterocycles. The van der Waals surface area contributed by atoms with Crippen LogP contribution in [-0.4, -0.2) is 67.7 Å². The Kier molecular flexibility index (Phi) is 9.85. The number of anilines is 1. The molecule has 0 spiro atoms. The minimum Gasteiger partial charge on any atom is -0.462 e. The maximum absolute atomic E-state index is 14.1. The number of rotatable bonds is 13. The number of nitrogens with zero attached hydrogens (tertiary/aromatic N) is 4. The molecule has 2 aromatic heterocycles. The summed E-state index contributed by atoms with van der Waals surface area (Å²) in [5.41, 5.74) is 5.56. The third-order valence-electron chi connectivity index (χ3n) is 6.08. The summed E-state index contributed by atoms with van der Waals surface area (Å²) < 4.78 is 32.8. The van der Waals surface area contributed by atoms with Crippen molar-refractivity contribution in [3.8, 4) is 0 Å². The molecule has 3 atom stereocenters. The molecular formula is C24H40N7O6P. The first-order valence-corrected chi connectivity index (χ1v) is 14.8. The average Bonchev–Trinajstić information content (AvgIpc) is 3.48. The first-order chi connectivity index (χ1) is 17.8. The number of imidazole rings is 1. The summed E-state index contributed by atoms with van der Waals surface area (Å²) >= 11 is 0. The first-order valence-electron chi connectivity index (χ1n) is 12.9. The Morgan fingerprint density at radius 2 is 1.87 bits per heavy atom. The van der Waals surface area contributed by atoms with Crippen LogP contribution in [-0.2, 0) is 34.9 Å². The number of hydrogen-bond acceptors (Lipinski definition) is 10. The molecule has 0 amide bonds. The van der Waals surface area contributed by atoms with Crippen molar-refractivity contribution >= 4 is 36.4 Å². The largest absolute Gasteiger partial charge is 0.462 e. The van der Waals surface area contributed by atoms with Gasteiger partial charge in [0.1, 0.15) is 35.9 Å². The molecule has 1 saturated carbocycles. The second kappa shape index (κ2) is 12.5. The second-order valence-electron chi connectivity index (χ2n) is 10.6. The molecule has 0 radical (unpaired) electrons. The number of nitrogens with one attached hydrogen (secondary N) is 2. The molecule has 1 aliphatic rings. The van der Waals surface area contributed by atoms with Crippen LogP contribution < -0.4 is 15.9 Å². The van der Waals surface area contributed by atoms with E-state index in [9.17, 15) is 14.2 Å². The quantitative estimate of drug-likeness (QED) is 0.245. The lowest BCUT2D eigenvalue weighted by atomic mass is 10.1. The highest BCUT2D eigenvalue weighted by atomic mass is 31.2. The van der Waals surface area contributed by atoms with Crippen LogP contribution in [0.2, 0.25) is 0 Å². The fourth-order valence-corrected chi connectivity index (χ4v) is 6.59. The summed E-state index contributed by atoms with van der Waals surface area (Å²) in [7, 11) is -3.69. The minimum absolute atomic E-state index is 0.129. The molecular weight excluding hydrogens is 513 g/mol. The molecule has 3 rings (SSSR count). The third-order valence-corrected chi connectivity index (χ3v) is 8.32. The van der Waals surface area contributed by atoms with Gasteiger partial charge >= 0.3 is 11.9 Å². The number of carbonyl (C=O) groups excluding carboxylic acids is 2. The number of nitrogen functional groups attached to an aromatic ring is 1. The number of ether oxygens (including phenoxy) is 3. The highest BCUT2D eigenvalue weighted by Crippen LogP contribution is 2.40. The molecule has 0 bridgehead atoms. The van der Waals surface area contributed by atoms with Gasteiger partial charge in [-0.3, -0.25) is 14.2 Å². The van der Waals surface area contributed by atoms with Crippen molar-refractivity contribution in [3.05, 3.63) is 12.7 Å². The zero-order valence-electron chi connectivity index (χ0n) is 23.0. The molecule has 0 aliphatic heterocycles. The van der Waals surface area contributed by atoms with Crippen LogP contribution >= 0.6 is 7.44 Å². The van der Waals surface area contributed by atoms with E-state index in [0.29, 0.717) is 17.7 Å². The maximum atomic E-state index is 14.1. The van der Waals surface area contributed by atoms with Crippen molar-refractivity contribution in [2.24, 2.45) is 0 Å². The number of fused-ring (bicyclic) bond motifs is 1. The van der Waals surface area contributed by atoms with E-state index in [1.807, 2.05) is 0 Å². The minimum atomic E-state index is -3.69. The van der Waals surface area contributed by atoms with E-state index in [1.165, 1.54) is 6.33 Å². The summed E-state index contributed by atoms with van der Waals surface area (Å²) in [5.74, 6) is -0.808. The van der Waals surface area contributed by atoms with Gasteiger partial charge in [-0.15, -0.1) is 0 Å². The van der Waals surface area contributed by atoms with Crippen LogP contribution in [0, 0.1) is 0 Å². The van der Waals surface area contributed by atoms with Gasteiger partial charge in [0, 0.05) is 0 Å². The Morgan fingerprint density at radius 1 is 1.18 bits per heavy atom. The van der Waals surface area contributed by atoms with Gasteiger partial charge in [0.05, 0.1) is 25.1 Å². The van der Waals surface area contributed by atoms with Crippen LogP contribution in [0.3, 0.4) is 0 Å². The molecule has 4 N–H and O–H groups in total. The van der Waals surface area contributed by atoms with Crippen molar-refractivity contribution in [2.75, 3.05) is 12.1 Å². The van der Waals surface area contributed by atoms with Crippen LogP contribution in [0.4, 0.5) is 5.82 Å². The molecule has 1 aliphatic carbocycles.